The Morgan fingerprint density at radius 1 is 1.25 bits per heavy atom. The van der Waals surface area contributed by atoms with Gasteiger partial charge in [-0.3, -0.25) is 0 Å². The molecule has 0 aromatic carbocycles. The van der Waals surface area contributed by atoms with E-state index in [0.717, 1.165) is 0 Å². The molecule has 0 atom stereocenters. The molecule has 0 amide bonds. The van der Waals surface area contributed by atoms with Crippen LogP contribution in [0.15, 0.2) is 0 Å². The van der Waals surface area contributed by atoms with Crippen molar-refractivity contribution < 1.29 is 39.6 Å². The van der Waals surface area contributed by atoms with Gasteiger partial charge in [0.05, 0.1) is 0 Å². The third-order valence-corrected chi connectivity index (χ3v) is 0. The maximum Gasteiger partial charge on any atom is 0 e. The molecular weight excluding hydrogens is 382 g/mol. The fraction of sp³-hybridized carbons (Fsp3) is 0. The van der Waals surface area contributed by atoms with E-state index in [1.807, 2.05) is 19.0 Å². The summed E-state index contributed by atoms with van der Waals surface area (Å²) in [6.45, 7) is 0. The average molecular weight is 382 g/mol. The Balaban J connectivity index is -0.00000000500. The van der Waals surface area contributed by atoms with Gasteiger partial charge in [-0.25, -0.2) is 0 Å². The summed E-state index contributed by atoms with van der Waals surface area (Å²) in [5.41, 5.74) is 0. The van der Waals surface area contributed by atoms with Crippen LogP contribution in [0.5, 0.6) is 0 Å². The topological polar surface area (TPSA) is 0 Å². The van der Waals surface area contributed by atoms with Crippen LogP contribution < -0.4 is 0 Å². The van der Waals surface area contributed by atoms with Crippen LogP contribution in [-0.4, -0.2) is 51.4 Å². The zero-order valence-corrected chi connectivity index (χ0v) is 10.2. The Labute approximate surface area is 107 Å². The minimum absolute atomic E-state index is 0. The van der Waals surface area contributed by atoms with Crippen molar-refractivity contribution in [2.24, 2.45) is 0 Å². The molecule has 0 aliphatic rings. The van der Waals surface area contributed by atoms with E-state index >= 15 is 0 Å². The van der Waals surface area contributed by atoms with Crippen LogP contribution in [0.1, 0.15) is 0 Å². The van der Waals surface area contributed by atoms with Crippen LogP contribution in [-0.2, 0) is 39.6 Å². The van der Waals surface area contributed by atoms with Crippen molar-refractivity contribution in [1.29, 1.82) is 0 Å². The predicted molar refractivity (Wildman–Crippen MR) is 19.8 cm³/mol. The normalized spacial score (nSPS) is 1.75. The zero-order valence-electron chi connectivity index (χ0n) is 1.98. The second-order valence-electron chi connectivity index (χ2n) is 0. The van der Waals surface area contributed by atoms with Crippen molar-refractivity contribution in [2.45, 2.75) is 0 Å². The first kappa shape index (κ1) is 15.7. The molecule has 4 heavy (non-hydrogen) atoms. The molecule has 0 aromatic rings. The van der Waals surface area contributed by atoms with Gasteiger partial charge in [-0.1, -0.05) is 0 Å². The summed E-state index contributed by atoms with van der Waals surface area (Å²) in [5.74, 6) is 0. The molecule has 0 aliphatic heterocycles. The van der Waals surface area contributed by atoms with E-state index in [-0.39, 0.29) is 73.8 Å². The third kappa shape index (κ3) is 9.28. The molecule has 0 fully saturated rings. The minimum atomic E-state index is 0. The molecule has 4 heteroatoms. The van der Waals surface area contributed by atoms with Crippen LogP contribution in [0.2, 0.25) is 0 Å². The number of halogens is 1. The van der Waals surface area contributed by atoms with Crippen LogP contribution in [0.4, 0.5) is 0 Å². The molecule has 0 aliphatic carbocycles. The van der Waals surface area contributed by atoms with Crippen LogP contribution >= 0.6 is 19.0 Å². The molecule has 0 unspecified atom stereocenters. The fourth-order valence-electron chi connectivity index (χ4n) is 0. The van der Waals surface area contributed by atoms with E-state index in [0.29, 0.717) is 0 Å². The van der Waals surface area contributed by atoms with E-state index in [2.05, 4.69) is 17.3 Å². The average Bonchev–Trinajstić information content (AvgIpc) is 1.00. The van der Waals surface area contributed by atoms with Crippen molar-refractivity contribution in [3.63, 3.8) is 0 Å². The number of hydrogen-bond acceptors (Lipinski definition) is 0. The summed E-state index contributed by atoms with van der Waals surface area (Å²) in [5, 5.41) is 0. The van der Waals surface area contributed by atoms with Gasteiger partial charge in [0.1, 0.15) is 0 Å². The zero-order chi connectivity index (χ0) is 2.00. The Morgan fingerprint density at radius 3 is 1.25 bits per heavy atom. The van der Waals surface area contributed by atoms with E-state index < -0.39 is 0 Å². The van der Waals surface area contributed by atoms with E-state index in [1.54, 1.807) is 0 Å². The molecule has 0 nitrogen and oxygen atoms in total. The first-order valence-electron chi connectivity index (χ1n) is 0.114. The molecule has 2 radical (unpaired) electrons. The smallest absolute Gasteiger partial charge is 0 e. The van der Waals surface area contributed by atoms with Crippen molar-refractivity contribution in [3.05, 3.63) is 0 Å². The second-order valence-corrected chi connectivity index (χ2v) is 0. The summed E-state index contributed by atoms with van der Waals surface area (Å²) < 4.78 is 0. The third-order valence-electron chi connectivity index (χ3n) is 0. The van der Waals surface area contributed by atoms with Gasteiger partial charge >= 0.3 is 36.3 Å². The van der Waals surface area contributed by atoms with Crippen molar-refractivity contribution in [1.82, 2.24) is 0 Å². The predicted octanol–water partition coefficient (Wildman–Crippen LogP) is 0.500. The van der Waals surface area contributed by atoms with Crippen molar-refractivity contribution >= 4 is 70.4 Å². The van der Waals surface area contributed by atoms with E-state index in [1.165, 1.54) is 0 Å². The van der Waals surface area contributed by atoms with Crippen molar-refractivity contribution in [2.75, 3.05) is 0 Å². The molecule has 30 valence electrons. The summed E-state index contributed by atoms with van der Waals surface area (Å²) in [4.78, 5) is 0. The monoisotopic (exact) mass is 380 g/mol. The first-order valence-corrected chi connectivity index (χ1v) is 4.52. The number of rotatable bonds is 0. The van der Waals surface area contributed by atoms with Crippen LogP contribution in [0.25, 0.3) is 0 Å². The maximum atomic E-state index is 2.92. The molecule has 0 saturated carbocycles. The molecule has 0 bridgehead atoms. The van der Waals surface area contributed by atoms with Gasteiger partial charge in [-0.2, -0.15) is 0 Å². The maximum absolute atomic E-state index is 2.92. The van der Waals surface area contributed by atoms with Gasteiger partial charge in [0.25, 0.3) is 0 Å². The molecule has 0 rings (SSSR count). The number of hydrogen-bond donors (Lipinski definition) is 0. The Hall–Kier alpha value is 3.85. The summed E-state index contributed by atoms with van der Waals surface area (Å²) in [7, 11) is 0. The Bertz CT molecular complexity index is 6.00. The first-order chi connectivity index (χ1) is 1.00. The Kier molecular flexibility index (Phi) is 61.9. The van der Waals surface area contributed by atoms with Gasteiger partial charge in [-0.15, -0.1) is 0 Å². The van der Waals surface area contributed by atoms with Crippen molar-refractivity contribution in [3.8, 4) is 0 Å². The summed E-state index contributed by atoms with van der Waals surface area (Å²) in [6.07, 6.45) is 0. The van der Waals surface area contributed by atoms with E-state index in [9.17, 15) is 0 Å². The molecule has 0 N–H and O–H groups in total. The summed E-state index contributed by atoms with van der Waals surface area (Å²) >= 11 is 4.88. The standard InChI is InChI=1S/2Ag.HI.K/h;;1H;/q;+1;;/p-1. The molecular formula is Ag2IK. The molecule has 0 saturated heterocycles. The van der Waals surface area contributed by atoms with Crippen LogP contribution in [0.3, 0.4) is 0 Å². The quantitative estimate of drug-likeness (QED) is 0.423. The molecule has 0 heterocycles. The fourth-order valence-corrected chi connectivity index (χ4v) is 0. The van der Waals surface area contributed by atoms with Crippen LogP contribution in [0, 0.1) is 0 Å². The Morgan fingerprint density at radius 2 is 1.25 bits per heavy atom. The largest absolute Gasteiger partial charge is 0 e. The van der Waals surface area contributed by atoms with Gasteiger partial charge in [0.15, 0.2) is 0 Å². The molecule has 0 spiro atoms. The molecule has 0 aromatic heterocycles. The van der Waals surface area contributed by atoms with Gasteiger partial charge in [0.2, 0.25) is 0 Å². The summed E-state index contributed by atoms with van der Waals surface area (Å²) in [6, 6.07) is 0. The SMILES string of the molecule is [Ag].[Ag][I].[K]. The minimum Gasteiger partial charge on any atom is 0 e. The van der Waals surface area contributed by atoms with Gasteiger partial charge < -0.3 is 0 Å². The second kappa shape index (κ2) is 15.8. The van der Waals surface area contributed by atoms with E-state index in [4.69, 9.17) is 0 Å². The van der Waals surface area contributed by atoms with Gasteiger partial charge in [0, 0.05) is 73.8 Å². The van der Waals surface area contributed by atoms with Gasteiger partial charge in [-0.05, 0) is 0 Å².